The highest BCUT2D eigenvalue weighted by atomic mass is 16.5. The zero-order valence-electron chi connectivity index (χ0n) is 13.7. The molecule has 1 saturated carbocycles. The van der Waals surface area contributed by atoms with E-state index in [1.54, 1.807) is 7.11 Å². The molecule has 4 rings (SSSR count). The molecule has 1 aliphatic carbocycles. The topological polar surface area (TPSA) is 45.3 Å². The maximum absolute atomic E-state index is 13.1. The fraction of sp³-hybridized carbons (Fsp3) is 0.250. The third kappa shape index (κ3) is 2.75. The van der Waals surface area contributed by atoms with Crippen LogP contribution in [0.3, 0.4) is 0 Å². The van der Waals surface area contributed by atoms with Crippen LogP contribution in [0, 0.1) is 0 Å². The number of hydrogen-bond donors (Lipinski definition) is 1. The van der Waals surface area contributed by atoms with Crippen molar-refractivity contribution in [2.75, 3.05) is 7.11 Å². The summed E-state index contributed by atoms with van der Waals surface area (Å²) in [6.07, 6.45) is 4.09. The fourth-order valence-electron chi connectivity index (χ4n) is 3.13. The van der Waals surface area contributed by atoms with E-state index in [9.17, 15) is 4.79 Å². The molecule has 1 fully saturated rings. The minimum absolute atomic E-state index is 0.0455. The Morgan fingerprint density at radius 2 is 2.04 bits per heavy atom. The summed E-state index contributed by atoms with van der Waals surface area (Å²) in [4.78, 5) is 18.2. The number of hydrogen-bond acceptors (Lipinski definition) is 2. The Morgan fingerprint density at radius 1 is 1.21 bits per heavy atom. The van der Waals surface area contributed by atoms with Gasteiger partial charge in [-0.1, -0.05) is 18.2 Å². The van der Waals surface area contributed by atoms with Gasteiger partial charge in [-0.2, -0.15) is 0 Å². The van der Waals surface area contributed by atoms with E-state index in [2.05, 4.69) is 29.2 Å². The molecule has 4 nitrogen and oxygen atoms in total. The standard InChI is InChI=1S/C20H20N2O2/c1-24-19-5-3-2-4-17(19)20(23)22(16-7-8-16)13-14-6-9-18-15(12-14)10-11-21-18/h2-6,9-12,16,21H,7-8,13H2,1H3. The minimum atomic E-state index is 0.0455. The molecule has 1 aromatic heterocycles. The number of methoxy groups -OCH3 is 1. The van der Waals surface area contributed by atoms with Crippen LogP contribution in [0.1, 0.15) is 28.8 Å². The number of carbonyl (C=O) groups excluding carboxylic acids is 1. The molecular weight excluding hydrogens is 300 g/mol. The lowest BCUT2D eigenvalue weighted by atomic mass is 10.1. The number of benzene rings is 2. The molecule has 1 heterocycles. The van der Waals surface area contributed by atoms with Gasteiger partial charge in [0.05, 0.1) is 12.7 Å². The monoisotopic (exact) mass is 320 g/mol. The van der Waals surface area contributed by atoms with Gasteiger partial charge in [-0.3, -0.25) is 4.79 Å². The maximum atomic E-state index is 13.1. The van der Waals surface area contributed by atoms with Crippen LogP contribution in [0.5, 0.6) is 5.75 Å². The molecule has 0 unspecified atom stereocenters. The Morgan fingerprint density at radius 3 is 2.83 bits per heavy atom. The Labute approximate surface area is 141 Å². The average molecular weight is 320 g/mol. The molecule has 2 aromatic carbocycles. The number of amides is 1. The van der Waals surface area contributed by atoms with Crippen molar-refractivity contribution in [3.05, 3.63) is 65.9 Å². The number of carbonyl (C=O) groups is 1. The van der Waals surface area contributed by atoms with Gasteiger partial charge in [0.2, 0.25) is 0 Å². The fourth-order valence-corrected chi connectivity index (χ4v) is 3.13. The summed E-state index contributed by atoms with van der Waals surface area (Å²) < 4.78 is 5.36. The first-order chi connectivity index (χ1) is 11.8. The van der Waals surface area contributed by atoms with Crippen molar-refractivity contribution in [3.8, 4) is 5.75 Å². The van der Waals surface area contributed by atoms with Crippen LogP contribution in [-0.4, -0.2) is 28.9 Å². The van der Waals surface area contributed by atoms with Gasteiger partial charge in [0.1, 0.15) is 5.75 Å². The van der Waals surface area contributed by atoms with E-state index in [0.29, 0.717) is 23.9 Å². The lowest BCUT2D eigenvalue weighted by Gasteiger charge is -2.23. The highest BCUT2D eigenvalue weighted by Crippen LogP contribution is 2.32. The number of aromatic amines is 1. The molecule has 0 aliphatic heterocycles. The molecule has 0 saturated heterocycles. The van der Waals surface area contributed by atoms with Crippen molar-refractivity contribution in [1.82, 2.24) is 9.88 Å². The molecule has 24 heavy (non-hydrogen) atoms. The average Bonchev–Trinajstić information content (AvgIpc) is 3.36. The number of para-hydroxylation sites is 1. The Hall–Kier alpha value is -2.75. The zero-order valence-corrected chi connectivity index (χ0v) is 13.7. The quantitative estimate of drug-likeness (QED) is 0.773. The van der Waals surface area contributed by atoms with Crippen LogP contribution in [0.2, 0.25) is 0 Å². The van der Waals surface area contributed by atoms with Crippen molar-refractivity contribution in [2.45, 2.75) is 25.4 Å². The largest absolute Gasteiger partial charge is 0.496 e. The zero-order chi connectivity index (χ0) is 16.5. The van der Waals surface area contributed by atoms with Crippen molar-refractivity contribution < 1.29 is 9.53 Å². The molecule has 1 aliphatic rings. The van der Waals surface area contributed by atoms with Crippen molar-refractivity contribution in [1.29, 1.82) is 0 Å². The van der Waals surface area contributed by atoms with E-state index < -0.39 is 0 Å². The molecule has 0 spiro atoms. The second kappa shape index (κ2) is 6.04. The first-order valence-corrected chi connectivity index (χ1v) is 8.26. The predicted octanol–water partition coefficient (Wildman–Crippen LogP) is 3.98. The van der Waals surface area contributed by atoms with E-state index in [1.807, 2.05) is 35.4 Å². The highest BCUT2D eigenvalue weighted by Gasteiger charge is 2.34. The lowest BCUT2D eigenvalue weighted by Crippen LogP contribution is -2.32. The third-order valence-electron chi connectivity index (χ3n) is 4.56. The third-order valence-corrected chi connectivity index (χ3v) is 4.56. The lowest BCUT2D eigenvalue weighted by molar-refractivity contribution is 0.0726. The number of H-pyrrole nitrogens is 1. The van der Waals surface area contributed by atoms with E-state index in [4.69, 9.17) is 4.74 Å². The molecule has 0 radical (unpaired) electrons. The summed E-state index contributed by atoms with van der Waals surface area (Å²) in [5, 5.41) is 1.17. The number of nitrogens with one attached hydrogen (secondary N) is 1. The molecule has 0 bridgehead atoms. The molecular formula is C20H20N2O2. The SMILES string of the molecule is COc1ccccc1C(=O)N(Cc1ccc2[nH]ccc2c1)C1CC1. The van der Waals surface area contributed by atoms with Crippen LogP contribution in [0.4, 0.5) is 0 Å². The van der Waals surface area contributed by atoms with Crippen molar-refractivity contribution >= 4 is 16.8 Å². The molecule has 1 N–H and O–H groups in total. The molecule has 122 valence electrons. The Kier molecular flexibility index (Phi) is 3.73. The molecule has 4 heteroatoms. The molecule has 1 amide bonds. The summed E-state index contributed by atoms with van der Waals surface area (Å²) in [7, 11) is 1.60. The Balaban J connectivity index is 1.63. The summed E-state index contributed by atoms with van der Waals surface area (Å²) >= 11 is 0. The van der Waals surface area contributed by atoms with Crippen LogP contribution < -0.4 is 4.74 Å². The first kappa shape index (κ1) is 14.8. The van der Waals surface area contributed by atoms with Crippen LogP contribution in [0.25, 0.3) is 10.9 Å². The van der Waals surface area contributed by atoms with Crippen LogP contribution in [-0.2, 0) is 6.54 Å². The highest BCUT2D eigenvalue weighted by molar-refractivity contribution is 5.97. The van der Waals surface area contributed by atoms with E-state index in [0.717, 1.165) is 23.9 Å². The van der Waals surface area contributed by atoms with Crippen molar-refractivity contribution in [2.24, 2.45) is 0 Å². The van der Waals surface area contributed by atoms with Gasteiger partial charge in [0.25, 0.3) is 5.91 Å². The maximum Gasteiger partial charge on any atom is 0.258 e. The van der Waals surface area contributed by atoms with E-state index in [1.165, 1.54) is 5.39 Å². The van der Waals surface area contributed by atoms with Gasteiger partial charge < -0.3 is 14.6 Å². The van der Waals surface area contributed by atoms with Gasteiger partial charge in [0, 0.05) is 24.3 Å². The smallest absolute Gasteiger partial charge is 0.258 e. The number of ether oxygens (including phenoxy) is 1. The number of nitrogens with zero attached hydrogens (tertiary/aromatic N) is 1. The minimum Gasteiger partial charge on any atom is -0.496 e. The number of aromatic nitrogens is 1. The van der Waals surface area contributed by atoms with Crippen molar-refractivity contribution in [3.63, 3.8) is 0 Å². The molecule has 3 aromatic rings. The van der Waals surface area contributed by atoms with E-state index >= 15 is 0 Å². The van der Waals surface area contributed by atoms with Gasteiger partial charge in [-0.15, -0.1) is 0 Å². The predicted molar refractivity (Wildman–Crippen MR) is 94.2 cm³/mol. The number of rotatable bonds is 5. The summed E-state index contributed by atoms with van der Waals surface area (Å²) in [5.74, 6) is 0.679. The summed E-state index contributed by atoms with van der Waals surface area (Å²) in [6.45, 7) is 0.628. The normalized spacial score (nSPS) is 13.9. The first-order valence-electron chi connectivity index (χ1n) is 8.26. The second-order valence-corrected chi connectivity index (χ2v) is 6.26. The van der Waals surface area contributed by atoms with Gasteiger partial charge in [-0.25, -0.2) is 0 Å². The second-order valence-electron chi connectivity index (χ2n) is 6.26. The summed E-state index contributed by atoms with van der Waals surface area (Å²) in [6, 6.07) is 16.1. The summed E-state index contributed by atoms with van der Waals surface area (Å²) in [5.41, 5.74) is 2.90. The van der Waals surface area contributed by atoms with Crippen LogP contribution in [0.15, 0.2) is 54.7 Å². The van der Waals surface area contributed by atoms with Gasteiger partial charge >= 0.3 is 0 Å². The Bertz CT molecular complexity index is 880. The van der Waals surface area contributed by atoms with Gasteiger partial charge in [-0.05, 0) is 54.1 Å². The van der Waals surface area contributed by atoms with Gasteiger partial charge in [0.15, 0.2) is 0 Å². The van der Waals surface area contributed by atoms with E-state index in [-0.39, 0.29) is 5.91 Å². The molecule has 0 atom stereocenters. The van der Waals surface area contributed by atoms with Crippen LogP contribution >= 0.6 is 0 Å². The number of fused-ring (bicyclic) bond motifs is 1.